The first-order valence-electron chi connectivity index (χ1n) is 9.78. The topological polar surface area (TPSA) is 63.6 Å². The minimum absolute atomic E-state index is 0.155. The van der Waals surface area contributed by atoms with Gasteiger partial charge in [0.25, 0.3) is 5.91 Å². The van der Waals surface area contributed by atoms with Crippen LogP contribution in [0.15, 0.2) is 58.0 Å². The molecule has 5 nitrogen and oxygen atoms in total. The average Bonchev–Trinajstić information content (AvgIpc) is 3.16. The van der Waals surface area contributed by atoms with Crippen LogP contribution in [0, 0.1) is 0 Å². The SMILES string of the molecule is CCCCCCOc1ccc(/C=N\NC(=O)CSc2nc3ccccc3s2)cc1. The molecule has 0 fully saturated rings. The van der Waals surface area contributed by atoms with Crippen LogP contribution in [0.5, 0.6) is 5.75 Å². The highest BCUT2D eigenvalue weighted by Gasteiger charge is 2.06. The van der Waals surface area contributed by atoms with Gasteiger partial charge >= 0.3 is 0 Å². The predicted octanol–water partition coefficient (Wildman–Crippen LogP) is 5.50. The number of nitrogens with zero attached hydrogens (tertiary/aromatic N) is 2. The van der Waals surface area contributed by atoms with E-state index in [0.717, 1.165) is 38.9 Å². The van der Waals surface area contributed by atoms with Crippen molar-refractivity contribution in [1.82, 2.24) is 10.4 Å². The molecule has 0 radical (unpaired) electrons. The lowest BCUT2D eigenvalue weighted by atomic mass is 10.2. The summed E-state index contributed by atoms with van der Waals surface area (Å²) in [6, 6.07) is 15.7. The maximum absolute atomic E-state index is 12.0. The molecule has 0 saturated heterocycles. The van der Waals surface area contributed by atoms with E-state index in [1.54, 1.807) is 17.6 Å². The van der Waals surface area contributed by atoms with Crippen LogP contribution >= 0.6 is 23.1 Å². The molecule has 1 heterocycles. The molecule has 7 heteroatoms. The third-order valence-electron chi connectivity index (χ3n) is 4.15. The fourth-order valence-corrected chi connectivity index (χ4v) is 4.48. The van der Waals surface area contributed by atoms with Crippen LogP contribution in [-0.4, -0.2) is 29.5 Å². The maximum atomic E-state index is 12.0. The molecule has 0 atom stereocenters. The Hall–Kier alpha value is -2.38. The van der Waals surface area contributed by atoms with Crippen LogP contribution in [0.1, 0.15) is 38.2 Å². The van der Waals surface area contributed by atoms with Gasteiger partial charge in [-0.15, -0.1) is 11.3 Å². The third kappa shape index (κ3) is 7.18. The minimum Gasteiger partial charge on any atom is -0.494 e. The number of carbonyl (C=O) groups is 1. The van der Waals surface area contributed by atoms with E-state index in [4.69, 9.17) is 4.74 Å². The lowest BCUT2D eigenvalue weighted by Gasteiger charge is -2.05. The van der Waals surface area contributed by atoms with Crippen molar-refractivity contribution in [1.29, 1.82) is 0 Å². The standard InChI is InChI=1S/C22H25N3O2S2/c1-2-3-4-7-14-27-18-12-10-17(11-13-18)15-23-25-21(26)16-28-22-24-19-8-5-6-9-20(19)29-22/h5-6,8-13,15H,2-4,7,14,16H2,1H3,(H,25,26)/b23-15-. The van der Waals surface area contributed by atoms with Crippen molar-refractivity contribution < 1.29 is 9.53 Å². The van der Waals surface area contributed by atoms with Gasteiger partial charge in [-0.3, -0.25) is 4.79 Å². The third-order valence-corrected chi connectivity index (χ3v) is 6.33. The van der Waals surface area contributed by atoms with E-state index in [1.165, 1.54) is 31.0 Å². The molecular formula is C22H25N3O2S2. The Morgan fingerprint density at radius 3 is 2.79 bits per heavy atom. The van der Waals surface area contributed by atoms with E-state index >= 15 is 0 Å². The van der Waals surface area contributed by atoms with Gasteiger partial charge in [0.2, 0.25) is 0 Å². The van der Waals surface area contributed by atoms with Gasteiger partial charge in [-0.2, -0.15) is 5.10 Å². The van der Waals surface area contributed by atoms with Gasteiger partial charge in [0.15, 0.2) is 4.34 Å². The molecule has 0 unspecified atom stereocenters. The lowest BCUT2D eigenvalue weighted by molar-refractivity contribution is -0.118. The number of rotatable bonds is 11. The number of ether oxygens (including phenoxy) is 1. The van der Waals surface area contributed by atoms with Crippen molar-refractivity contribution in [2.24, 2.45) is 5.10 Å². The van der Waals surface area contributed by atoms with E-state index in [-0.39, 0.29) is 11.7 Å². The highest BCUT2D eigenvalue weighted by Crippen LogP contribution is 2.28. The number of unbranched alkanes of at least 4 members (excludes halogenated alkanes) is 3. The molecule has 1 N–H and O–H groups in total. The van der Waals surface area contributed by atoms with Crippen LogP contribution < -0.4 is 10.2 Å². The number of hydrogen-bond donors (Lipinski definition) is 1. The summed E-state index contributed by atoms with van der Waals surface area (Å²) < 4.78 is 7.74. The first-order valence-corrected chi connectivity index (χ1v) is 11.6. The Balaban J connectivity index is 1.38. The first-order chi connectivity index (χ1) is 14.2. The van der Waals surface area contributed by atoms with Crippen molar-refractivity contribution in [2.45, 2.75) is 36.9 Å². The number of amides is 1. The monoisotopic (exact) mass is 427 g/mol. The molecule has 3 aromatic rings. The number of aromatic nitrogens is 1. The van der Waals surface area contributed by atoms with Gasteiger partial charge < -0.3 is 4.74 Å². The molecule has 0 aliphatic heterocycles. The Morgan fingerprint density at radius 1 is 1.17 bits per heavy atom. The van der Waals surface area contributed by atoms with Gasteiger partial charge in [0.1, 0.15) is 5.75 Å². The number of thioether (sulfide) groups is 1. The zero-order valence-electron chi connectivity index (χ0n) is 16.5. The van der Waals surface area contributed by atoms with E-state index in [0.29, 0.717) is 0 Å². The quantitative estimate of drug-likeness (QED) is 0.190. The van der Waals surface area contributed by atoms with Gasteiger partial charge in [-0.25, -0.2) is 10.4 Å². The lowest BCUT2D eigenvalue weighted by Crippen LogP contribution is -2.19. The highest BCUT2D eigenvalue weighted by molar-refractivity contribution is 8.01. The highest BCUT2D eigenvalue weighted by atomic mass is 32.2. The number of carbonyl (C=O) groups excluding carboxylic acids is 1. The summed E-state index contributed by atoms with van der Waals surface area (Å²) in [4.78, 5) is 16.5. The van der Waals surface area contributed by atoms with Crippen LogP contribution in [0.3, 0.4) is 0 Å². The molecule has 0 bridgehead atoms. The zero-order chi connectivity index (χ0) is 20.3. The van der Waals surface area contributed by atoms with E-state index in [1.807, 2.05) is 48.5 Å². The van der Waals surface area contributed by atoms with Crippen molar-refractivity contribution >= 4 is 45.4 Å². The predicted molar refractivity (Wildman–Crippen MR) is 122 cm³/mol. The molecule has 152 valence electrons. The fourth-order valence-electron chi connectivity index (χ4n) is 2.62. The number of hydrazone groups is 1. The Kier molecular flexibility index (Phi) is 8.52. The summed E-state index contributed by atoms with van der Waals surface area (Å²) in [5, 5.41) is 4.03. The van der Waals surface area contributed by atoms with E-state index in [2.05, 4.69) is 22.4 Å². The Bertz CT molecular complexity index is 906. The zero-order valence-corrected chi connectivity index (χ0v) is 18.1. The number of nitrogens with one attached hydrogen (secondary N) is 1. The van der Waals surface area contributed by atoms with Crippen LogP contribution in [0.2, 0.25) is 0 Å². The molecular weight excluding hydrogens is 402 g/mol. The smallest absolute Gasteiger partial charge is 0.250 e. The second-order valence-electron chi connectivity index (χ2n) is 6.51. The molecule has 0 saturated carbocycles. The number of para-hydroxylation sites is 1. The van der Waals surface area contributed by atoms with E-state index < -0.39 is 0 Å². The fraction of sp³-hybridized carbons (Fsp3) is 0.318. The molecule has 0 aliphatic rings. The summed E-state index contributed by atoms with van der Waals surface area (Å²) in [5.74, 6) is 0.981. The van der Waals surface area contributed by atoms with Gasteiger partial charge in [0, 0.05) is 0 Å². The van der Waals surface area contributed by atoms with Crippen molar-refractivity contribution in [3.8, 4) is 5.75 Å². The van der Waals surface area contributed by atoms with Crippen LogP contribution in [0.25, 0.3) is 10.2 Å². The average molecular weight is 428 g/mol. The van der Waals surface area contributed by atoms with Gasteiger partial charge in [-0.1, -0.05) is 50.1 Å². The van der Waals surface area contributed by atoms with Crippen molar-refractivity contribution in [3.05, 3.63) is 54.1 Å². The first kappa shape index (κ1) is 21.3. The van der Waals surface area contributed by atoms with E-state index in [9.17, 15) is 4.79 Å². The molecule has 29 heavy (non-hydrogen) atoms. The molecule has 2 aromatic carbocycles. The molecule has 3 rings (SSSR count). The molecule has 1 amide bonds. The normalized spacial score (nSPS) is 11.2. The Labute approximate surface area is 179 Å². The van der Waals surface area contributed by atoms with Gasteiger partial charge in [-0.05, 0) is 48.4 Å². The molecule has 1 aromatic heterocycles. The number of benzene rings is 2. The summed E-state index contributed by atoms with van der Waals surface area (Å²) in [5.41, 5.74) is 4.43. The minimum atomic E-state index is -0.155. The largest absolute Gasteiger partial charge is 0.494 e. The molecule has 0 aliphatic carbocycles. The van der Waals surface area contributed by atoms with Gasteiger partial charge in [0.05, 0.1) is 28.8 Å². The molecule has 0 spiro atoms. The van der Waals surface area contributed by atoms with Crippen LogP contribution in [0.4, 0.5) is 0 Å². The van der Waals surface area contributed by atoms with Crippen molar-refractivity contribution in [3.63, 3.8) is 0 Å². The summed E-state index contributed by atoms with van der Waals surface area (Å²) in [7, 11) is 0. The van der Waals surface area contributed by atoms with Crippen LogP contribution in [-0.2, 0) is 4.79 Å². The Morgan fingerprint density at radius 2 is 2.00 bits per heavy atom. The number of fused-ring (bicyclic) bond motifs is 1. The second kappa shape index (κ2) is 11.6. The summed E-state index contributed by atoms with van der Waals surface area (Å²) >= 11 is 3.01. The second-order valence-corrected chi connectivity index (χ2v) is 8.76. The van der Waals surface area contributed by atoms with Crippen molar-refractivity contribution in [2.75, 3.05) is 12.4 Å². The summed E-state index contributed by atoms with van der Waals surface area (Å²) in [6.45, 7) is 2.95. The number of hydrogen-bond acceptors (Lipinski definition) is 6. The number of thiazole rings is 1. The summed E-state index contributed by atoms with van der Waals surface area (Å²) in [6.07, 6.45) is 6.40. The maximum Gasteiger partial charge on any atom is 0.250 e.